The molecule has 104 valence electrons. The molecule has 0 unspecified atom stereocenters. The van der Waals surface area contributed by atoms with Crippen LogP contribution in [0.3, 0.4) is 0 Å². The quantitative estimate of drug-likeness (QED) is 0.873. The van der Waals surface area contributed by atoms with Gasteiger partial charge in [-0.2, -0.15) is 0 Å². The van der Waals surface area contributed by atoms with Crippen molar-refractivity contribution in [2.24, 2.45) is 0 Å². The first-order chi connectivity index (χ1) is 9.27. The number of urea groups is 1. The smallest absolute Gasteiger partial charge is 0.317 e. The van der Waals surface area contributed by atoms with Gasteiger partial charge in [-0.1, -0.05) is 0 Å². The van der Waals surface area contributed by atoms with Gasteiger partial charge in [0.25, 0.3) is 0 Å². The van der Waals surface area contributed by atoms with Gasteiger partial charge in [-0.15, -0.1) is 0 Å². The molecule has 3 heterocycles. The average Bonchev–Trinajstić information content (AvgIpc) is 3.14. The maximum absolute atomic E-state index is 12.0. The number of likely N-dealkylation sites (tertiary alicyclic amines) is 1. The normalized spacial score (nSPS) is 21.2. The van der Waals surface area contributed by atoms with Gasteiger partial charge < -0.3 is 24.3 Å². The van der Waals surface area contributed by atoms with Gasteiger partial charge in [0.05, 0.1) is 19.8 Å². The summed E-state index contributed by atoms with van der Waals surface area (Å²) < 4.78 is 13.2. The molecular weight excluding hydrogens is 246 g/mol. The van der Waals surface area contributed by atoms with Crippen molar-refractivity contribution in [1.29, 1.82) is 0 Å². The minimum absolute atomic E-state index is 0.0388. The Labute approximate surface area is 112 Å². The summed E-state index contributed by atoms with van der Waals surface area (Å²) in [6, 6.07) is 3.91. The Morgan fingerprint density at radius 2 is 2.00 bits per heavy atom. The van der Waals surface area contributed by atoms with Gasteiger partial charge in [0, 0.05) is 38.4 Å². The van der Waals surface area contributed by atoms with E-state index in [0.717, 1.165) is 13.0 Å². The highest BCUT2D eigenvalue weighted by Gasteiger charge is 2.44. The van der Waals surface area contributed by atoms with Gasteiger partial charge in [-0.3, -0.25) is 0 Å². The van der Waals surface area contributed by atoms with Crippen molar-refractivity contribution in [3.05, 3.63) is 24.5 Å². The molecular formula is C13H19N3O3. The topological polar surface area (TPSA) is 55.7 Å². The summed E-state index contributed by atoms with van der Waals surface area (Å²) in [6.45, 7) is 3.88. The molecule has 0 aromatic carbocycles. The maximum atomic E-state index is 12.0. The molecule has 1 N–H and O–H groups in total. The summed E-state index contributed by atoms with van der Waals surface area (Å²) in [5.74, 6) is -0.530. The predicted octanol–water partition coefficient (Wildman–Crippen LogP) is 0.647. The average molecular weight is 265 g/mol. The Bertz CT molecular complexity index is 426. The largest absolute Gasteiger partial charge is 0.353 e. The molecule has 6 nitrogen and oxygen atoms in total. The number of carbonyl (C=O) groups is 1. The van der Waals surface area contributed by atoms with E-state index in [2.05, 4.69) is 5.32 Å². The standard InChI is InChI=1S/C13H19N3O3/c17-12(14-4-8-15-5-1-2-6-15)16-7-3-13(11-16)18-9-10-19-13/h1-2,5-6H,3-4,7-11H2,(H,14,17). The van der Waals surface area contributed by atoms with Crippen molar-refractivity contribution >= 4 is 6.03 Å². The Kier molecular flexibility index (Phi) is 3.44. The second kappa shape index (κ2) is 5.22. The molecule has 2 fully saturated rings. The van der Waals surface area contributed by atoms with E-state index < -0.39 is 5.79 Å². The zero-order valence-electron chi connectivity index (χ0n) is 10.9. The SMILES string of the molecule is O=C(NCCn1cccc1)N1CCC2(C1)OCCO2. The van der Waals surface area contributed by atoms with E-state index in [9.17, 15) is 4.79 Å². The predicted molar refractivity (Wildman–Crippen MR) is 68.7 cm³/mol. The second-order valence-corrected chi connectivity index (χ2v) is 4.93. The van der Waals surface area contributed by atoms with Crippen LogP contribution >= 0.6 is 0 Å². The van der Waals surface area contributed by atoms with E-state index in [1.807, 2.05) is 29.1 Å². The number of amides is 2. The molecule has 0 bridgehead atoms. The lowest BCUT2D eigenvalue weighted by Crippen LogP contribution is -2.42. The monoisotopic (exact) mass is 265 g/mol. The van der Waals surface area contributed by atoms with Crippen LogP contribution in [0.1, 0.15) is 6.42 Å². The Hall–Kier alpha value is -1.53. The van der Waals surface area contributed by atoms with E-state index >= 15 is 0 Å². The molecule has 1 aromatic heterocycles. The van der Waals surface area contributed by atoms with Gasteiger partial charge in [-0.25, -0.2) is 4.79 Å². The molecule has 0 atom stereocenters. The Balaban J connectivity index is 1.43. The van der Waals surface area contributed by atoms with E-state index in [0.29, 0.717) is 32.8 Å². The first kappa shape index (κ1) is 12.5. The van der Waals surface area contributed by atoms with Crippen molar-refractivity contribution < 1.29 is 14.3 Å². The number of hydrogen-bond acceptors (Lipinski definition) is 3. The molecule has 2 saturated heterocycles. The maximum Gasteiger partial charge on any atom is 0.317 e. The minimum Gasteiger partial charge on any atom is -0.353 e. The van der Waals surface area contributed by atoms with Gasteiger partial charge in [0.15, 0.2) is 5.79 Å². The molecule has 2 aliphatic rings. The van der Waals surface area contributed by atoms with Gasteiger partial charge in [0.1, 0.15) is 0 Å². The highest BCUT2D eigenvalue weighted by molar-refractivity contribution is 5.74. The van der Waals surface area contributed by atoms with Crippen LogP contribution in [0, 0.1) is 0 Å². The molecule has 2 aliphatic heterocycles. The molecule has 1 spiro atoms. The Morgan fingerprint density at radius 3 is 2.74 bits per heavy atom. The fourth-order valence-electron chi connectivity index (χ4n) is 2.58. The summed E-state index contributed by atoms with van der Waals surface area (Å²) in [7, 11) is 0. The van der Waals surface area contributed by atoms with Crippen molar-refractivity contribution in [2.45, 2.75) is 18.8 Å². The van der Waals surface area contributed by atoms with Gasteiger partial charge in [0.2, 0.25) is 0 Å². The van der Waals surface area contributed by atoms with Crippen LogP contribution in [0.5, 0.6) is 0 Å². The van der Waals surface area contributed by atoms with Gasteiger partial charge >= 0.3 is 6.03 Å². The highest BCUT2D eigenvalue weighted by Crippen LogP contribution is 2.30. The molecule has 0 radical (unpaired) electrons. The Morgan fingerprint density at radius 1 is 1.26 bits per heavy atom. The van der Waals surface area contributed by atoms with Crippen LogP contribution in [0.15, 0.2) is 24.5 Å². The van der Waals surface area contributed by atoms with Crippen LogP contribution < -0.4 is 5.32 Å². The lowest BCUT2D eigenvalue weighted by Gasteiger charge is -2.22. The highest BCUT2D eigenvalue weighted by atomic mass is 16.7. The van der Waals surface area contributed by atoms with Gasteiger partial charge in [-0.05, 0) is 12.1 Å². The van der Waals surface area contributed by atoms with Crippen molar-refractivity contribution in [3.63, 3.8) is 0 Å². The first-order valence-electron chi connectivity index (χ1n) is 6.69. The number of carbonyl (C=O) groups excluding carboxylic acids is 1. The molecule has 2 amide bonds. The number of aromatic nitrogens is 1. The zero-order chi connectivity index (χ0) is 13.1. The lowest BCUT2D eigenvalue weighted by molar-refractivity contribution is -0.143. The van der Waals surface area contributed by atoms with Crippen LogP contribution in [-0.2, 0) is 16.0 Å². The number of hydrogen-bond donors (Lipinski definition) is 1. The zero-order valence-corrected chi connectivity index (χ0v) is 10.9. The number of rotatable bonds is 3. The van der Waals surface area contributed by atoms with E-state index in [1.54, 1.807) is 4.90 Å². The summed E-state index contributed by atoms with van der Waals surface area (Å²) in [5.41, 5.74) is 0. The first-order valence-corrected chi connectivity index (χ1v) is 6.69. The van der Waals surface area contributed by atoms with Crippen molar-refractivity contribution in [2.75, 3.05) is 32.8 Å². The van der Waals surface area contributed by atoms with Crippen molar-refractivity contribution in [1.82, 2.24) is 14.8 Å². The molecule has 0 aliphatic carbocycles. The number of nitrogens with zero attached hydrogens (tertiary/aromatic N) is 2. The van der Waals surface area contributed by atoms with E-state index in [4.69, 9.17) is 9.47 Å². The van der Waals surface area contributed by atoms with E-state index in [1.165, 1.54) is 0 Å². The molecule has 19 heavy (non-hydrogen) atoms. The van der Waals surface area contributed by atoms with Crippen LogP contribution in [0.25, 0.3) is 0 Å². The van der Waals surface area contributed by atoms with Crippen LogP contribution in [0.4, 0.5) is 4.79 Å². The van der Waals surface area contributed by atoms with Crippen LogP contribution in [-0.4, -0.2) is 54.1 Å². The molecule has 0 saturated carbocycles. The second-order valence-electron chi connectivity index (χ2n) is 4.93. The van der Waals surface area contributed by atoms with Crippen molar-refractivity contribution in [3.8, 4) is 0 Å². The van der Waals surface area contributed by atoms with E-state index in [-0.39, 0.29) is 6.03 Å². The minimum atomic E-state index is -0.530. The molecule has 3 rings (SSSR count). The number of ether oxygens (including phenoxy) is 2. The molecule has 1 aromatic rings. The molecule has 6 heteroatoms. The summed E-state index contributed by atoms with van der Waals surface area (Å²) >= 11 is 0. The fraction of sp³-hybridized carbons (Fsp3) is 0.615. The number of nitrogens with one attached hydrogen (secondary N) is 1. The van der Waals surface area contributed by atoms with Crippen LogP contribution in [0.2, 0.25) is 0 Å². The summed E-state index contributed by atoms with van der Waals surface area (Å²) in [5, 5.41) is 2.92. The summed E-state index contributed by atoms with van der Waals surface area (Å²) in [4.78, 5) is 13.8. The third-order valence-electron chi connectivity index (χ3n) is 3.61. The third-order valence-corrected chi connectivity index (χ3v) is 3.61. The summed E-state index contributed by atoms with van der Waals surface area (Å²) in [6.07, 6.45) is 4.73. The third kappa shape index (κ3) is 2.74. The lowest BCUT2D eigenvalue weighted by atomic mass is 10.2. The fourth-order valence-corrected chi connectivity index (χ4v) is 2.58.